The molecule has 0 spiro atoms. The highest BCUT2D eigenvalue weighted by molar-refractivity contribution is 5.61. The van der Waals surface area contributed by atoms with Gasteiger partial charge in [-0.1, -0.05) is 24.3 Å². The van der Waals surface area contributed by atoms with Crippen LogP contribution in [0, 0.1) is 13.8 Å². The topological polar surface area (TPSA) is 66.5 Å². The maximum absolute atomic E-state index is 4.54. The van der Waals surface area contributed by atoms with Gasteiger partial charge in [-0.3, -0.25) is 5.10 Å². The van der Waals surface area contributed by atoms with Gasteiger partial charge in [0.15, 0.2) is 0 Å². The van der Waals surface area contributed by atoms with Gasteiger partial charge < -0.3 is 5.32 Å². The molecule has 0 aliphatic heterocycles. The smallest absolute Gasteiger partial charge is 0.223 e. The van der Waals surface area contributed by atoms with Crippen LogP contribution in [0.5, 0.6) is 0 Å². The van der Waals surface area contributed by atoms with E-state index in [-0.39, 0.29) is 0 Å². The molecule has 0 fully saturated rings. The first-order chi connectivity index (χ1) is 10.2. The third-order valence-corrected chi connectivity index (χ3v) is 3.46. The van der Waals surface area contributed by atoms with Gasteiger partial charge in [0, 0.05) is 24.0 Å². The van der Waals surface area contributed by atoms with Crippen LogP contribution in [0.25, 0.3) is 11.3 Å². The largest absolute Gasteiger partial charge is 0.350 e. The second-order valence-electron chi connectivity index (χ2n) is 4.95. The van der Waals surface area contributed by atoms with Crippen molar-refractivity contribution in [2.75, 3.05) is 5.32 Å². The van der Waals surface area contributed by atoms with E-state index in [0.29, 0.717) is 12.5 Å². The Morgan fingerprint density at radius 3 is 2.76 bits per heavy atom. The number of rotatable bonds is 4. The number of nitrogens with one attached hydrogen (secondary N) is 2. The van der Waals surface area contributed by atoms with Gasteiger partial charge in [-0.2, -0.15) is 5.10 Å². The predicted octanol–water partition coefficient (Wildman–Crippen LogP) is 3.10. The molecule has 2 aromatic heterocycles. The van der Waals surface area contributed by atoms with E-state index >= 15 is 0 Å². The summed E-state index contributed by atoms with van der Waals surface area (Å²) in [6, 6.07) is 10.2. The molecule has 0 saturated heterocycles. The van der Waals surface area contributed by atoms with E-state index in [1.54, 1.807) is 12.4 Å². The van der Waals surface area contributed by atoms with Crippen molar-refractivity contribution >= 4 is 5.95 Å². The molecule has 1 aromatic carbocycles. The van der Waals surface area contributed by atoms with Gasteiger partial charge in [0.25, 0.3) is 0 Å². The molecule has 0 aliphatic rings. The van der Waals surface area contributed by atoms with Crippen LogP contribution in [0.2, 0.25) is 0 Å². The van der Waals surface area contributed by atoms with Crippen molar-refractivity contribution in [3.8, 4) is 11.3 Å². The van der Waals surface area contributed by atoms with Gasteiger partial charge in [-0.05, 0) is 31.0 Å². The zero-order valence-corrected chi connectivity index (χ0v) is 12.1. The highest BCUT2D eigenvalue weighted by atomic mass is 15.1. The molecule has 0 atom stereocenters. The Morgan fingerprint density at radius 1 is 1.14 bits per heavy atom. The van der Waals surface area contributed by atoms with Crippen LogP contribution in [-0.4, -0.2) is 20.2 Å². The van der Waals surface area contributed by atoms with Gasteiger partial charge in [-0.25, -0.2) is 9.97 Å². The lowest BCUT2D eigenvalue weighted by Gasteiger charge is -2.08. The summed E-state index contributed by atoms with van der Waals surface area (Å²) in [5, 5.41) is 10.2. The normalized spacial score (nSPS) is 10.6. The minimum Gasteiger partial charge on any atom is -0.350 e. The van der Waals surface area contributed by atoms with Gasteiger partial charge in [0.05, 0.1) is 11.9 Å². The van der Waals surface area contributed by atoms with E-state index in [9.17, 15) is 0 Å². The second kappa shape index (κ2) is 5.75. The predicted molar refractivity (Wildman–Crippen MR) is 82.9 cm³/mol. The fraction of sp³-hybridized carbons (Fsp3) is 0.188. The zero-order chi connectivity index (χ0) is 14.7. The minimum absolute atomic E-state index is 0.622. The van der Waals surface area contributed by atoms with E-state index in [4.69, 9.17) is 0 Å². The number of benzene rings is 1. The zero-order valence-electron chi connectivity index (χ0n) is 12.1. The second-order valence-corrected chi connectivity index (χ2v) is 4.95. The fourth-order valence-electron chi connectivity index (χ4n) is 2.19. The molecule has 2 heterocycles. The fourth-order valence-corrected chi connectivity index (χ4v) is 2.19. The Labute approximate surface area is 123 Å². The lowest BCUT2D eigenvalue weighted by Crippen LogP contribution is -2.05. The highest BCUT2D eigenvalue weighted by Gasteiger charge is 2.07. The van der Waals surface area contributed by atoms with Crippen LogP contribution < -0.4 is 5.32 Å². The molecule has 5 nitrogen and oxygen atoms in total. The lowest BCUT2D eigenvalue weighted by atomic mass is 10.1. The van der Waals surface area contributed by atoms with Crippen molar-refractivity contribution in [3.63, 3.8) is 0 Å². The first-order valence-electron chi connectivity index (χ1n) is 6.86. The van der Waals surface area contributed by atoms with Gasteiger partial charge in [0.1, 0.15) is 0 Å². The van der Waals surface area contributed by atoms with Crippen LogP contribution in [0.3, 0.4) is 0 Å². The van der Waals surface area contributed by atoms with Crippen LogP contribution in [0.4, 0.5) is 5.95 Å². The molecule has 0 amide bonds. The molecule has 0 radical (unpaired) electrons. The van der Waals surface area contributed by atoms with E-state index in [2.05, 4.69) is 44.5 Å². The van der Waals surface area contributed by atoms with Crippen molar-refractivity contribution in [3.05, 3.63) is 59.5 Å². The standard InChI is InChI=1S/C16H17N5/c1-11-5-3-4-6-13(11)9-18-16-17-8-7-15(20-16)14-10-19-21-12(14)2/h3-8,10H,9H2,1-2H3,(H,19,21)(H,17,18,20). The molecular weight excluding hydrogens is 262 g/mol. The Bertz CT molecular complexity index is 748. The maximum atomic E-state index is 4.54. The summed E-state index contributed by atoms with van der Waals surface area (Å²) >= 11 is 0. The third-order valence-electron chi connectivity index (χ3n) is 3.46. The molecule has 0 unspecified atom stereocenters. The molecule has 3 rings (SSSR count). The van der Waals surface area contributed by atoms with Crippen LogP contribution in [0.1, 0.15) is 16.8 Å². The maximum Gasteiger partial charge on any atom is 0.223 e. The van der Waals surface area contributed by atoms with Crippen LogP contribution in [-0.2, 0) is 6.54 Å². The number of aromatic amines is 1. The molecule has 5 heteroatoms. The SMILES string of the molecule is Cc1ccccc1CNc1nccc(-c2cn[nH]c2C)n1. The minimum atomic E-state index is 0.622. The lowest BCUT2D eigenvalue weighted by molar-refractivity contribution is 1.04. The van der Waals surface area contributed by atoms with E-state index in [1.165, 1.54) is 11.1 Å². The average molecular weight is 279 g/mol. The van der Waals surface area contributed by atoms with Gasteiger partial charge in [-0.15, -0.1) is 0 Å². The molecule has 0 bridgehead atoms. The Balaban J connectivity index is 1.78. The number of hydrogen-bond donors (Lipinski definition) is 2. The average Bonchev–Trinajstić information content (AvgIpc) is 2.93. The summed E-state index contributed by atoms with van der Waals surface area (Å²) in [6.07, 6.45) is 3.54. The van der Waals surface area contributed by atoms with E-state index in [1.807, 2.05) is 25.1 Å². The number of anilines is 1. The number of aromatic nitrogens is 4. The van der Waals surface area contributed by atoms with Gasteiger partial charge >= 0.3 is 0 Å². The quantitative estimate of drug-likeness (QED) is 0.770. The summed E-state index contributed by atoms with van der Waals surface area (Å²) in [7, 11) is 0. The molecule has 0 aliphatic carbocycles. The summed E-state index contributed by atoms with van der Waals surface area (Å²) < 4.78 is 0. The Kier molecular flexibility index (Phi) is 3.64. The summed E-state index contributed by atoms with van der Waals surface area (Å²) in [6.45, 7) is 4.79. The van der Waals surface area contributed by atoms with E-state index in [0.717, 1.165) is 17.0 Å². The monoisotopic (exact) mass is 279 g/mol. The first-order valence-corrected chi connectivity index (χ1v) is 6.86. The molecule has 0 saturated carbocycles. The van der Waals surface area contributed by atoms with Crippen LogP contribution in [0.15, 0.2) is 42.7 Å². The van der Waals surface area contributed by atoms with Crippen molar-refractivity contribution in [2.45, 2.75) is 20.4 Å². The summed E-state index contributed by atoms with van der Waals surface area (Å²) in [5.41, 5.74) is 5.36. The Morgan fingerprint density at radius 2 is 2.00 bits per heavy atom. The third kappa shape index (κ3) is 2.91. The van der Waals surface area contributed by atoms with Crippen LogP contribution >= 0.6 is 0 Å². The van der Waals surface area contributed by atoms with E-state index < -0.39 is 0 Å². The first kappa shape index (κ1) is 13.3. The molecule has 2 N–H and O–H groups in total. The molecular formula is C16H17N5. The number of hydrogen-bond acceptors (Lipinski definition) is 4. The summed E-state index contributed by atoms with van der Waals surface area (Å²) in [5.74, 6) is 0.622. The van der Waals surface area contributed by atoms with Crippen molar-refractivity contribution < 1.29 is 0 Å². The molecule has 106 valence electrons. The summed E-state index contributed by atoms with van der Waals surface area (Å²) in [4.78, 5) is 8.81. The number of nitrogens with zero attached hydrogens (tertiary/aromatic N) is 3. The molecule has 21 heavy (non-hydrogen) atoms. The van der Waals surface area contributed by atoms with Gasteiger partial charge in [0.2, 0.25) is 5.95 Å². The number of H-pyrrole nitrogens is 1. The molecule has 3 aromatic rings. The van der Waals surface area contributed by atoms with Crippen molar-refractivity contribution in [2.24, 2.45) is 0 Å². The highest BCUT2D eigenvalue weighted by Crippen LogP contribution is 2.19. The Hall–Kier alpha value is -2.69. The van der Waals surface area contributed by atoms with Crippen molar-refractivity contribution in [1.29, 1.82) is 0 Å². The van der Waals surface area contributed by atoms with Crippen molar-refractivity contribution in [1.82, 2.24) is 20.2 Å². The number of aryl methyl sites for hydroxylation is 2.